The number of rotatable bonds is 10. The maximum atomic E-state index is 12.6. The van der Waals surface area contributed by atoms with Gasteiger partial charge >= 0.3 is 6.61 Å². The lowest BCUT2D eigenvalue weighted by atomic mass is 10.1. The molecular formula is C26H36F2N4O. The van der Waals surface area contributed by atoms with Gasteiger partial charge in [-0.1, -0.05) is 48.5 Å². The Kier molecular flexibility index (Phi) is 9.06. The monoisotopic (exact) mass is 458 g/mol. The highest BCUT2D eigenvalue weighted by atomic mass is 19.3. The molecule has 2 heterocycles. The molecule has 2 aromatic rings. The molecule has 4 rings (SSSR count). The number of alkyl halides is 2. The topological polar surface area (TPSA) is 22.2 Å². The van der Waals surface area contributed by atoms with Gasteiger partial charge in [0.1, 0.15) is 5.75 Å². The molecule has 0 atom stereocenters. The third-order valence-corrected chi connectivity index (χ3v) is 6.80. The molecule has 0 aliphatic carbocycles. The fraction of sp³-hybridized carbons (Fsp3) is 0.538. The Morgan fingerprint density at radius 1 is 0.636 bits per heavy atom. The van der Waals surface area contributed by atoms with Crippen molar-refractivity contribution in [3.63, 3.8) is 0 Å². The van der Waals surface area contributed by atoms with E-state index in [0.717, 1.165) is 84.0 Å². The molecule has 0 N–H and O–H groups in total. The fourth-order valence-corrected chi connectivity index (χ4v) is 4.71. The normalized spacial score (nSPS) is 19.2. The van der Waals surface area contributed by atoms with Crippen LogP contribution in [0.2, 0.25) is 0 Å². The second-order valence-electron chi connectivity index (χ2n) is 9.02. The summed E-state index contributed by atoms with van der Waals surface area (Å²) in [6.45, 7) is 9.80. The van der Waals surface area contributed by atoms with Crippen LogP contribution in [0.15, 0.2) is 54.6 Å². The van der Waals surface area contributed by atoms with Crippen LogP contribution in [-0.2, 0) is 13.0 Å². The van der Waals surface area contributed by atoms with E-state index in [0.29, 0.717) is 6.54 Å². The Bertz CT molecular complexity index is 822. The van der Waals surface area contributed by atoms with Gasteiger partial charge in [0.05, 0.1) is 0 Å². The van der Waals surface area contributed by atoms with Gasteiger partial charge < -0.3 is 9.64 Å². The van der Waals surface area contributed by atoms with E-state index in [4.69, 9.17) is 0 Å². The van der Waals surface area contributed by atoms with Gasteiger partial charge in [-0.15, -0.1) is 0 Å². The lowest BCUT2D eigenvalue weighted by Crippen LogP contribution is -2.51. The largest absolute Gasteiger partial charge is 0.434 e. The van der Waals surface area contributed by atoms with Crippen molar-refractivity contribution in [2.45, 2.75) is 19.6 Å². The van der Waals surface area contributed by atoms with Crippen molar-refractivity contribution < 1.29 is 13.5 Å². The first-order valence-electron chi connectivity index (χ1n) is 12.1. The standard InChI is InChI=1S/C26H36F2N4O/c27-26(28)33-25-9-5-4-8-24(25)22-32-20-18-31(19-21-32)17-16-30-14-12-29(13-15-30)11-10-23-6-2-1-3-7-23/h1-9,26H,10-22H2. The number of hydrogen-bond acceptors (Lipinski definition) is 5. The maximum Gasteiger partial charge on any atom is 0.387 e. The molecule has 0 amide bonds. The lowest BCUT2D eigenvalue weighted by Gasteiger charge is -2.38. The number of halogens is 2. The first kappa shape index (κ1) is 24.1. The van der Waals surface area contributed by atoms with Gasteiger partial charge in [0.2, 0.25) is 0 Å². The van der Waals surface area contributed by atoms with Crippen molar-refractivity contribution in [2.24, 2.45) is 0 Å². The minimum Gasteiger partial charge on any atom is -0.434 e. The molecule has 0 aromatic heterocycles. The van der Waals surface area contributed by atoms with E-state index in [1.165, 1.54) is 5.56 Å². The van der Waals surface area contributed by atoms with Crippen LogP contribution in [0.4, 0.5) is 8.78 Å². The van der Waals surface area contributed by atoms with Gasteiger partial charge in [-0.05, 0) is 18.1 Å². The van der Waals surface area contributed by atoms with E-state index in [-0.39, 0.29) is 5.75 Å². The van der Waals surface area contributed by atoms with Crippen LogP contribution >= 0.6 is 0 Å². The SMILES string of the molecule is FC(F)Oc1ccccc1CN1CCN(CCN2CCN(CCc3ccccc3)CC2)CC1. The first-order valence-corrected chi connectivity index (χ1v) is 12.1. The summed E-state index contributed by atoms with van der Waals surface area (Å²) in [5.74, 6) is 0.290. The second kappa shape index (κ2) is 12.4. The first-order chi connectivity index (χ1) is 16.2. The predicted octanol–water partition coefficient (Wildman–Crippen LogP) is 3.27. The van der Waals surface area contributed by atoms with Crippen LogP contribution < -0.4 is 4.74 Å². The van der Waals surface area contributed by atoms with Crippen molar-refractivity contribution >= 4 is 0 Å². The number of benzene rings is 2. The van der Waals surface area contributed by atoms with Gasteiger partial charge in [0, 0.05) is 84.1 Å². The Labute approximate surface area is 196 Å². The number of nitrogens with zero attached hydrogens (tertiary/aromatic N) is 4. The molecule has 0 bridgehead atoms. The fourth-order valence-electron chi connectivity index (χ4n) is 4.71. The van der Waals surface area contributed by atoms with Crippen LogP contribution in [0, 0.1) is 0 Å². The summed E-state index contributed by atoms with van der Waals surface area (Å²) in [4.78, 5) is 10.0. The Morgan fingerprint density at radius 2 is 1.15 bits per heavy atom. The quantitative estimate of drug-likeness (QED) is 0.544. The molecule has 33 heavy (non-hydrogen) atoms. The van der Waals surface area contributed by atoms with Gasteiger partial charge in [-0.2, -0.15) is 8.78 Å². The van der Waals surface area contributed by atoms with Crippen molar-refractivity contribution in [1.82, 2.24) is 19.6 Å². The van der Waals surface area contributed by atoms with Crippen LogP contribution in [0.3, 0.4) is 0 Å². The molecule has 5 nitrogen and oxygen atoms in total. The van der Waals surface area contributed by atoms with Crippen LogP contribution in [-0.4, -0.2) is 98.2 Å². The van der Waals surface area contributed by atoms with Crippen molar-refractivity contribution in [3.8, 4) is 5.75 Å². The summed E-state index contributed by atoms with van der Waals surface area (Å²) >= 11 is 0. The number of ether oxygens (including phenoxy) is 1. The van der Waals surface area contributed by atoms with E-state index >= 15 is 0 Å². The molecule has 0 spiro atoms. The van der Waals surface area contributed by atoms with Gasteiger partial charge in [-0.25, -0.2) is 0 Å². The van der Waals surface area contributed by atoms with Crippen molar-refractivity contribution in [3.05, 3.63) is 65.7 Å². The minimum atomic E-state index is -2.78. The average molecular weight is 459 g/mol. The summed E-state index contributed by atoms with van der Waals surface area (Å²) < 4.78 is 30.0. The Hall–Kier alpha value is -2.06. The lowest BCUT2D eigenvalue weighted by molar-refractivity contribution is -0.0508. The summed E-state index contributed by atoms with van der Waals surface area (Å²) in [6, 6.07) is 17.9. The van der Waals surface area contributed by atoms with Gasteiger partial charge in [-0.3, -0.25) is 14.7 Å². The van der Waals surface area contributed by atoms with Crippen molar-refractivity contribution in [2.75, 3.05) is 72.0 Å². The van der Waals surface area contributed by atoms with E-state index in [1.807, 2.05) is 12.1 Å². The minimum absolute atomic E-state index is 0.290. The molecule has 2 fully saturated rings. The summed E-state index contributed by atoms with van der Waals surface area (Å²) in [5, 5.41) is 0. The number of para-hydroxylation sites is 1. The number of hydrogen-bond donors (Lipinski definition) is 0. The van der Waals surface area contributed by atoms with E-state index < -0.39 is 6.61 Å². The van der Waals surface area contributed by atoms with E-state index in [9.17, 15) is 8.78 Å². The molecule has 0 unspecified atom stereocenters. The highest BCUT2D eigenvalue weighted by Gasteiger charge is 2.21. The molecule has 2 aromatic carbocycles. The molecule has 2 aliphatic rings. The zero-order chi connectivity index (χ0) is 22.9. The van der Waals surface area contributed by atoms with Gasteiger partial charge in [0.15, 0.2) is 0 Å². The Morgan fingerprint density at radius 3 is 1.76 bits per heavy atom. The smallest absolute Gasteiger partial charge is 0.387 e. The van der Waals surface area contributed by atoms with Crippen molar-refractivity contribution in [1.29, 1.82) is 0 Å². The molecule has 2 saturated heterocycles. The second-order valence-corrected chi connectivity index (χ2v) is 9.02. The maximum absolute atomic E-state index is 12.6. The zero-order valence-corrected chi connectivity index (χ0v) is 19.4. The highest BCUT2D eigenvalue weighted by molar-refractivity contribution is 5.33. The molecule has 7 heteroatoms. The summed E-state index contributed by atoms with van der Waals surface area (Å²) in [5.41, 5.74) is 2.25. The molecular weight excluding hydrogens is 422 g/mol. The average Bonchev–Trinajstić information content (AvgIpc) is 2.84. The zero-order valence-electron chi connectivity index (χ0n) is 19.4. The van der Waals surface area contributed by atoms with Crippen LogP contribution in [0.1, 0.15) is 11.1 Å². The van der Waals surface area contributed by atoms with Gasteiger partial charge in [0.25, 0.3) is 0 Å². The molecule has 0 radical (unpaired) electrons. The highest BCUT2D eigenvalue weighted by Crippen LogP contribution is 2.22. The molecule has 0 saturated carbocycles. The van der Waals surface area contributed by atoms with Crippen LogP contribution in [0.25, 0.3) is 0 Å². The number of piperazine rings is 2. The summed E-state index contributed by atoms with van der Waals surface area (Å²) in [6.07, 6.45) is 1.13. The van der Waals surface area contributed by atoms with Crippen LogP contribution in [0.5, 0.6) is 5.75 Å². The molecule has 180 valence electrons. The third kappa shape index (κ3) is 7.74. The predicted molar refractivity (Wildman–Crippen MR) is 128 cm³/mol. The third-order valence-electron chi connectivity index (χ3n) is 6.80. The summed E-state index contributed by atoms with van der Waals surface area (Å²) in [7, 11) is 0. The molecule has 2 aliphatic heterocycles. The van der Waals surface area contributed by atoms with E-state index in [1.54, 1.807) is 12.1 Å². The van der Waals surface area contributed by atoms with E-state index in [2.05, 4.69) is 54.7 Å². The Balaban J connectivity index is 1.11.